The highest BCUT2D eigenvalue weighted by molar-refractivity contribution is 5.92. The maximum absolute atomic E-state index is 11.6. The van der Waals surface area contributed by atoms with Crippen molar-refractivity contribution in [3.8, 4) is 0 Å². The minimum atomic E-state index is -1.12. The predicted octanol–water partition coefficient (Wildman–Crippen LogP) is 1.39. The van der Waals surface area contributed by atoms with Gasteiger partial charge in [-0.05, 0) is 32.9 Å². The van der Waals surface area contributed by atoms with Gasteiger partial charge >= 0.3 is 5.97 Å². The molecular formula is C13H18N2O3. The van der Waals surface area contributed by atoms with E-state index in [1.54, 1.807) is 12.1 Å². The SMILES string of the molecule is Cc1ccc(NC(=O)CNC(C)(C)C(=O)O)cc1. The van der Waals surface area contributed by atoms with Crippen molar-refractivity contribution in [2.45, 2.75) is 26.3 Å². The molecule has 1 amide bonds. The number of nitrogens with one attached hydrogen (secondary N) is 2. The average molecular weight is 250 g/mol. The predicted molar refractivity (Wildman–Crippen MR) is 69.5 cm³/mol. The van der Waals surface area contributed by atoms with E-state index in [-0.39, 0.29) is 12.5 Å². The number of hydrogen-bond acceptors (Lipinski definition) is 3. The topological polar surface area (TPSA) is 78.4 Å². The fourth-order valence-corrected chi connectivity index (χ4v) is 1.22. The molecule has 5 heteroatoms. The van der Waals surface area contributed by atoms with E-state index in [9.17, 15) is 9.59 Å². The van der Waals surface area contributed by atoms with Gasteiger partial charge in [0.15, 0.2) is 0 Å². The van der Waals surface area contributed by atoms with Crippen molar-refractivity contribution in [3.05, 3.63) is 29.8 Å². The second-order valence-corrected chi connectivity index (χ2v) is 4.70. The molecule has 5 nitrogen and oxygen atoms in total. The molecule has 18 heavy (non-hydrogen) atoms. The summed E-state index contributed by atoms with van der Waals surface area (Å²) in [6.45, 7) is 4.93. The number of aliphatic carboxylic acids is 1. The Balaban J connectivity index is 2.48. The Labute approximate surface area is 106 Å². The van der Waals surface area contributed by atoms with Crippen LogP contribution < -0.4 is 10.6 Å². The van der Waals surface area contributed by atoms with Crippen LogP contribution in [0.5, 0.6) is 0 Å². The molecule has 0 aliphatic heterocycles. The Hall–Kier alpha value is -1.88. The zero-order valence-corrected chi connectivity index (χ0v) is 10.8. The zero-order chi connectivity index (χ0) is 13.8. The highest BCUT2D eigenvalue weighted by Crippen LogP contribution is 2.08. The highest BCUT2D eigenvalue weighted by Gasteiger charge is 2.26. The lowest BCUT2D eigenvalue weighted by Gasteiger charge is -2.20. The summed E-state index contributed by atoms with van der Waals surface area (Å²) in [7, 11) is 0. The second kappa shape index (κ2) is 5.64. The van der Waals surface area contributed by atoms with Crippen molar-refractivity contribution in [3.63, 3.8) is 0 Å². The summed E-state index contributed by atoms with van der Waals surface area (Å²) in [5.41, 5.74) is 0.684. The smallest absolute Gasteiger partial charge is 0.323 e. The maximum atomic E-state index is 11.6. The van der Waals surface area contributed by atoms with Gasteiger partial charge in [0.2, 0.25) is 5.91 Å². The van der Waals surface area contributed by atoms with Gasteiger partial charge in [-0.3, -0.25) is 14.9 Å². The first-order valence-corrected chi connectivity index (χ1v) is 5.66. The molecule has 0 aliphatic carbocycles. The third-order valence-corrected chi connectivity index (χ3v) is 2.56. The van der Waals surface area contributed by atoms with Crippen LogP contribution in [-0.2, 0) is 9.59 Å². The van der Waals surface area contributed by atoms with Crippen molar-refractivity contribution in [1.82, 2.24) is 5.32 Å². The molecule has 0 saturated heterocycles. The van der Waals surface area contributed by atoms with Crippen molar-refractivity contribution in [2.24, 2.45) is 0 Å². The number of anilines is 1. The van der Waals surface area contributed by atoms with Gasteiger partial charge in [0, 0.05) is 5.69 Å². The van der Waals surface area contributed by atoms with E-state index in [0.29, 0.717) is 5.69 Å². The minimum Gasteiger partial charge on any atom is -0.480 e. The Morgan fingerprint density at radius 3 is 2.28 bits per heavy atom. The number of benzene rings is 1. The lowest BCUT2D eigenvalue weighted by Crippen LogP contribution is -2.49. The standard InChI is InChI=1S/C13H18N2O3/c1-9-4-6-10(7-5-9)15-11(16)8-14-13(2,3)12(17)18/h4-7,14H,8H2,1-3H3,(H,15,16)(H,17,18). The van der Waals surface area contributed by atoms with Gasteiger partial charge in [-0.15, -0.1) is 0 Å². The minimum absolute atomic E-state index is 0.0484. The van der Waals surface area contributed by atoms with Crippen molar-refractivity contribution in [1.29, 1.82) is 0 Å². The first-order valence-electron chi connectivity index (χ1n) is 5.66. The number of carboxylic acids is 1. The van der Waals surface area contributed by atoms with Crippen molar-refractivity contribution < 1.29 is 14.7 Å². The summed E-state index contributed by atoms with van der Waals surface area (Å²) in [5.74, 6) is -1.26. The molecule has 98 valence electrons. The third-order valence-electron chi connectivity index (χ3n) is 2.56. The van der Waals surface area contributed by atoms with Crippen LogP contribution in [0.4, 0.5) is 5.69 Å². The summed E-state index contributed by atoms with van der Waals surface area (Å²) >= 11 is 0. The summed E-state index contributed by atoms with van der Waals surface area (Å²) in [5, 5.41) is 14.2. The molecule has 3 N–H and O–H groups in total. The lowest BCUT2D eigenvalue weighted by atomic mass is 10.1. The van der Waals surface area contributed by atoms with Gasteiger partial charge in [0.1, 0.15) is 5.54 Å². The van der Waals surface area contributed by atoms with Gasteiger partial charge in [0.05, 0.1) is 6.54 Å². The van der Waals surface area contributed by atoms with Crippen LogP contribution in [0.2, 0.25) is 0 Å². The van der Waals surface area contributed by atoms with Crippen molar-refractivity contribution >= 4 is 17.6 Å². The molecule has 0 aliphatic rings. The fourth-order valence-electron chi connectivity index (χ4n) is 1.22. The van der Waals surface area contributed by atoms with Crippen molar-refractivity contribution in [2.75, 3.05) is 11.9 Å². The molecule has 0 unspecified atom stereocenters. The highest BCUT2D eigenvalue weighted by atomic mass is 16.4. The molecule has 1 aromatic carbocycles. The monoisotopic (exact) mass is 250 g/mol. The lowest BCUT2D eigenvalue weighted by molar-refractivity contribution is -0.143. The summed E-state index contributed by atoms with van der Waals surface area (Å²) < 4.78 is 0. The van der Waals surface area contributed by atoms with Gasteiger partial charge in [0.25, 0.3) is 0 Å². The molecule has 0 heterocycles. The molecule has 0 spiro atoms. The van der Waals surface area contributed by atoms with Gasteiger partial charge in [-0.2, -0.15) is 0 Å². The van der Waals surface area contributed by atoms with E-state index in [2.05, 4.69) is 10.6 Å². The molecule has 0 saturated carbocycles. The number of carboxylic acid groups (broad SMARTS) is 1. The summed E-state index contributed by atoms with van der Waals surface area (Å²) in [4.78, 5) is 22.4. The molecule has 1 rings (SSSR count). The first-order chi connectivity index (χ1) is 8.31. The number of hydrogen-bond donors (Lipinski definition) is 3. The van der Waals surface area contributed by atoms with E-state index >= 15 is 0 Å². The second-order valence-electron chi connectivity index (χ2n) is 4.70. The van der Waals surface area contributed by atoms with Crippen LogP contribution in [0.25, 0.3) is 0 Å². The van der Waals surface area contributed by atoms with Crippen LogP contribution in [0.15, 0.2) is 24.3 Å². The molecule has 0 radical (unpaired) electrons. The number of carbonyl (C=O) groups is 2. The van der Waals surface area contributed by atoms with Gasteiger partial charge in [-0.25, -0.2) is 0 Å². The molecule has 0 atom stereocenters. The Morgan fingerprint density at radius 1 is 1.22 bits per heavy atom. The third kappa shape index (κ3) is 4.18. The van der Waals surface area contributed by atoms with Crippen LogP contribution in [0, 0.1) is 6.92 Å². The fraction of sp³-hybridized carbons (Fsp3) is 0.385. The average Bonchev–Trinajstić information content (AvgIpc) is 2.29. The van der Waals surface area contributed by atoms with Crippen LogP contribution in [0.3, 0.4) is 0 Å². The Bertz CT molecular complexity index is 438. The zero-order valence-electron chi connectivity index (χ0n) is 10.8. The van der Waals surface area contributed by atoms with Gasteiger partial charge < -0.3 is 10.4 Å². The molecule has 0 fully saturated rings. The number of carbonyl (C=O) groups excluding carboxylic acids is 1. The van der Waals surface area contributed by atoms with E-state index in [1.807, 2.05) is 19.1 Å². The normalized spacial score (nSPS) is 11.1. The number of aryl methyl sites for hydroxylation is 1. The molecule has 0 aromatic heterocycles. The quantitative estimate of drug-likeness (QED) is 0.738. The number of amides is 1. The van der Waals surface area contributed by atoms with Crippen LogP contribution in [-0.4, -0.2) is 29.1 Å². The maximum Gasteiger partial charge on any atom is 0.323 e. The van der Waals surface area contributed by atoms with Gasteiger partial charge in [-0.1, -0.05) is 17.7 Å². The number of rotatable bonds is 5. The van der Waals surface area contributed by atoms with Crippen LogP contribution >= 0.6 is 0 Å². The summed E-state index contributed by atoms with van der Waals surface area (Å²) in [6.07, 6.45) is 0. The molecule has 1 aromatic rings. The van der Waals surface area contributed by atoms with E-state index in [4.69, 9.17) is 5.11 Å². The van der Waals surface area contributed by atoms with E-state index < -0.39 is 11.5 Å². The van der Waals surface area contributed by atoms with E-state index in [1.165, 1.54) is 13.8 Å². The molecule has 0 bridgehead atoms. The van der Waals surface area contributed by atoms with E-state index in [0.717, 1.165) is 5.56 Å². The largest absolute Gasteiger partial charge is 0.480 e. The Morgan fingerprint density at radius 2 is 1.78 bits per heavy atom. The summed E-state index contributed by atoms with van der Waals surface area (Å²) in [6, 6.07) is 7.39. The van der Waals surface area contributed by atoms with Crippen LogP contribution in [0.1, 0.15) is 19.4 Å². The first kappa shape index (κ1) is 14.2. The molecular weight excluding hydrogens is 232 g/mol. The Kier molecular flexibility index (Phi) is 4.44.